The summed E-state index contributed by atoms with van der Waals surface area (Å²) in [4.78, 5) is 9.10. The van der Waals surface area contributed by atoms with E-state index in [1.54, 1.807) is 0 Å². The number of nitrogens with two attached hydrogens (primary N) is 1. The van der Waals surface area contributed by atoms with Gasteiger partial charge in [-0.2, -0.15) is 0 Å². The summed E-state index contributed by atoms with van der Waals surface area (Å²) < 4.78 is 0. The topological polar surface area (TPSA) is 50.7 Å². The van der Waals surface area contributed by atoms with Crippen molar-refractivity contribution < 1.29 is 0 Å². The lowest BCUT2D eigenvalue weighted by molar-refractivity contribution is 0.876. The fourth-order valence-corrected chi connectivity index (χ4v) is 2.34. The van der Waals surface area contributed by atoms with Crippen molar-refractivity contribution in [1.82, 2.24) is 0 Å². The van der Waals surface area contributed by atoms with E-state index >= 15 is 0 Å². The number of aliphatic imine (C=N–C) groups is 2. The number of benzene rings is 2. The van der Waals surface area contributed by atoms with E-state index in [-0.39, 0.29) is 6.04 Å². The summed E-state index contributed by atoms with van der Waals surface area (Å²) in [6, 6.07) is 18.6. The Balaban J connectivity index is 1.74. The lowest BCUT2D eigenvalue weighted by Crippen LogP contribution is -2.08. The average molecular weight is 263 g/mol. The van der Waals surface area contributed by atoms with Crippen molar-refractivity contribution in [3.8, 4) is 0 Å². The molecular weight excluding hydrogens is 246 g/mol. The van der Waals surface area contributed by atoms with Gasteiger partial charge in [-0.3, -0.25) is 4.99 Å². The number of amidine groups is 1. The molecule has 1 aliphatic heterocycles. The Labute approximate surface area is 118 Å². The minimum Gasteiger partial charge on any atom is -0.326 e. The van der Waals surface area contributed by atoms with Crippen LogP contribution in [0, 0.1) is 0 Å². The predicted molar refractivity (Wildman–Crippen MR) is 83.3 cm³/mol. The molecular formula is C17H17N3. The maximum Gasteiger partial charge on any atom is 0.154 e. The molecule has 3 rings (SSSR count). The molecule has 0 bridgehead atoms. The molecule has 3 nitrogen and oxygen atoms in total. The van der Waals surface area contributed by atoms with Gasteiger partial charge < -0.3 is 5.73 Å². The molecule has 0 aromatic heterocycles. The van der Waals surface area contributed by atoms with Crippen molar-refractivity contribution in [1.29, 1.82) is 0 Å². The van der Waals surface area contributed by atoms with Gasteiger partial charge in [-0.15, -0.1) is 0 Å². The van der Waals surface area contributed by atoms with Gasteiger partial charge in [0.25, 0.3) is 0 Å². The molecule has 1 atom stereocenters. The molecule has 0 amide bonds. The average Bonchev–Trinajstić information content (AvgIpc) is 2.97. The summed E-state index contributed by atoms with van der Waals surface area (Å²) >= 11 is 0. The molecule has 20 heavy (non-hydrogen) atoms. The molecule has 0 fully saturated rings. The van der Waals surface area contributed by atoms with E-state index < -0.39 is 0 Å². The maximum absolute atomic E-state index is 5.67. The van der Waals surface area contributed by atoms with Crippen LogP contribution in [-0.4, -0.2) is 18.1 Å². The normalized spacial score (nSPS) is 17.2. The first kappa shape index (κ1) is 12.8. The molecule has 3 heteroatoms. The van der Waals surface area contributed by atoms with E-state index in [1.165, 1.54) is 5.56 Å². The van der Waals surface area contributed by atoms with Crippen molar-refractivity contribution in [3.05, 3.63) is 71.3 Å². The summed E-state index contributed by atoms with van der Waals surface area (Å²) in [6.07, 6.45) is 2.80. The van der Waals surface area contributed by atoms with Crippen LogP contribution in [0.5, 0.6) is 0 Å². The molecule has 0 saturated carbocycles. The van der Waals surface area contributed by atoms with E-state index in [1.807, 2.05) is 48.7 Å². The Morgan fingerprint density at radius 1 is 0.950 bits per heavy atom. The van der Waals surface area contributed by atoms with E-state index in [4.69, 9.17) is 5.73 Å². The van der Waals surface area contributed by atoms with Gasteiger partial charge in [-0.1, -0.05) is 54.6 Å². The van der Waals surface area contributed by atoms with E-state index in [0.717, 1.165) is 23.4 Å². The highest BCUT2D eigenvalue weighted by Gasteiger charge is 2.14. The largest absolute Gasteiger partial charge is 0.326 e. The van der Waals surface area contributed by atoms with Gasteiger partial charge >= 0.3 is 0 Å². The van der Waals surface area contributed by atoms with Crippen LogP contribution in [0.4, 0.5) is 0 Å². The summed E-state index contributed by atoms with van der Waals surface area (Å²) in [5.74, 6) is 0.825. The first-order chi connectivity index (χ1) is 9.85. The molecule has 1 unspecified atom stereocenters. The van der Waals surface area contributed by atoms with Crippen LogP contribution in [0.2, 0.25) is 0 Å². The van der Waals surface area contributed by atoms with Crippen molar-refractivity contribution in [2.75, 3.05) is 0 Å². The van der Waals surface area contributed by atoms with Gasteiger partial charge in [0.1, 0.15) is 0 Å². The zero-order valence-corrected chi connectivity index (χ0v) is 11.2. The highest BCUT2D eigenvalue weighted by Crippen LogP contribution is 2.14. The molecule has 1 heterocycles. The molecule has 0 spiro atoms. The van der Waals surface area contributed by atoms with Crippen LogP contribution in [0.1, 0.15) is 16.7 Å². The smallest absolute Gasteiger partial charge is 0.154 e. The summed E-state index contributed by atoms with van der Waals surface area (Å²) in [5.41, 5.74) is 9.15. The molecule has 1 aliphatic rings. The van der Waals surface area contributed by atoms with Crippen molar-refractivity contribution in [2.45, 2.75) is 19.0 Å². The van der Waals surface area contributed by atoms with Gasteiger partial charge in [-0.05, 0) is 17.5 Å². The van der Waals surface area contributed by atoms with Crippen molar-refractivity contribution in [2.24, 2.45) is 15.7 Å². The quantitative estimate of drug-likeness (QED) is 0.905. The number of nitrogens with zero attached hydrogens (tertiary/aromatic N) is 2. The Hall–Kier alpha value is -2.26. The maximum atomic E-state index is 5.67. The van der Waals surface area contributed by atoms with Gasteiger partial charge in [0.2, 0.25) is 0 Å². The minimum absolute atomic E-state index is 0.123. The highest BCUT2D eigenvalue weighted by molar-refractivity contribution is 6.07. The lowest BCUT2D eigenvalue weighted by atomic mass is 10.0. The first-order valence-electron chi connectivity index (χ1n) is 6.80. The van der Waals surface area contributed by atoms with Crippen molar-refractivity contribution in [3.63, 3.8) is 0 Å². The molecule has 0 saturated heterocycles. The summed E-state index contributed by atoms with van der Waals surface area (Å²) in [5, 5.41) is 0. The van der Waals surface area contributed by atoms with Gasteiger partial charge in [0.05, 0.1) is 6.04 Å². The second-order valence-corrected chi connectivity index (χ2v) is 4.89. The molecule has 2 aromatic carbocycles. The molecule has 2 N–H and O–H groups in total. The number of hydrogen-bond donors (Lipinski definition) is 1. The van der Waals surface area contributed by atoms with Crippen LogP contribution >= 0.6 is 0 Å². The van der Waals surface area contributed by atoms with Crippen LogP contribution in [-0.2, 0) is 13.0 Å². The Kier molecular flexibility index (Phi) is 3.70. The Morgan fingerprint density at radius 2 is 1.75 bits per heavy atom. The Bertz CT molecular complexity index is 644. The third-order valence-electron chi connectivity index (χ3n) is 3.36. The third-order valence-corrected chi connectivity index (χ3v) is 3.36. The first-order valence-corrected chi connectivity index (χ1v) is 6.80. The summed E-state index contributed by atoms with van der Waals surface area (Å²) in [6.45, 7) is 0.575. The molecule has 100 valence electrons. The summed E-state index contributed by atoms with van der Waals surface area (Å²) in [7, 11) is 0. The zero-order chi connectivity index (χ0) is 13.8. The van der Waals surface area contributed by atoms with Gasteiger partial charge in [0, 0.05) is 18.3 Å². The fourth-order valence-electron chi connectivity index (χ4n) is 2.34. The van der Waals surface area contributed by atoms with Crippen LogP contribution in [0.25, 0.3) is 0 Å². The third kappa shape index (κ3) is 2.83. The van der Waals surface area contributed by atoms with Gasteiger partial charge in [0.15, 0.2) is 5.84 Å². The standard InChI is InChI=1S/C17H17N3/c18-11-14-6-4-5-13(9-14)10-16-12-19-17(20-16)15-7-2-1-3-8-15/h1-9,12,16H,10-11,18H2. The Morgan fingerprint density at radius 3 is 2.55 bits per heavy atom. The molecule has 0 aliphatic carbocycles. The lowest BCUT2D eigenvalue weighted by Gasteiger charge is -2.06. The van der Waals surface area contributed by atoms with Gasteiger partial charge in [-0.25, -0.2) is 4.99 Å². The van der Waals surface area contributed by atoms with Crippen LogP contribution in [0.3, 0.4) is 0 Å². The monoisotopic (exact) mass is 263 g/mol. The van der Waals surface area contributed by atoms with Crippen LogP contribution in [0.15, 0.2) is 64.6 Å². The second-order valence-electron chi connectivity index (χ2n) is 4.89. The van der Waals surface area contributed by atoms with Crippen LogP contribution < -0.4 is 5.73 Å². The molecule has 0 radical (unpaired) electrons. The second kappa shape index (κ2) is 5.80. The molecule has 2 aromatic rings. The van der Waals surface area contributed by atoms with E-state index in [9.17, 15) is 0 Å². The van der Waals surface area contributed by atoms with E-state index in [2.05, 4.69) is 22.1 Å². The fraction of sp³-hybridized carbons (Fsp3) is 0.176. The number of rotatable bonds is 4. The predicted octanol–water partition coefficient (Wildman–Crippen LogP) is 2.59. The van der Waals surface area contributed by atoms with E-state index in [0.29, 0.717) is 6.54 Å². The minimum atomic E-state index is 0.123. The zero-order valence-electron chi connectivity index (χ0n) is 11.2. The highest BCUT2D eigenvalue weighted by atomic mass is 15.0. The van der Waals surface area contributed by atoms with Crippen molar-refractivity contribution >= 4 is 12.1 Å². The number of hydrogen-bond acceptors (Lipinski definition) is 3. The SMILES string of the molecule is NCc1cccc(CC2C=NC(c3ccccc3)=N2)c1.